The minimum Gasteiger partial charge on any atom is -0.483 e. The van der Waals surface area contributed by atoms with E-state index in [2.05, 4.69) is 30.3 Å². The lowest BCUT2D eigenvalue weighted by molar-refractivity contribution is -0.132. The second-order valence-electron chi connectivity index (χ2n) is 7.36. The molecule has 1 amide bonds. The molecule has 0 spiro atoms. The van der Waals surface area contributed by atoms with E-state index in [0.29, 0.717) is 6.04 Å². The SMILES string of the molecule is CC(CNCc1ccccc1OCC(=O)N1CCCC1)N(C)C1CC1. The van der Waals surface area contributed by atoms with Gasteiger partial charge in [0.1, 0.15) is 5.75 Å². The van der Waals surface area contributed by atoms with Crippen LogP contribution in [0.5, 0.6) is 5.75 Å². The van der Waals surface area contributed by atoms with Crippen LogP contribution in [0.1, 0.15) is 38.2 Å². The lowest BCUT2D eigenvalue weighted by Gasteiger charge is -2.25. The van der Waals surface area contributed by atoms with Crippen molar-refractivity contribution in [2.75, 3.05) is 33.3 Å². The van der Waals surface area contributed by atoms with Gasteiger partial charge in [-0.2, -0.15) is 0 Å². The lowest BCUT2D eigenvalue weighted by atomic mass is 10.2. The Morgan fingerprint density at radius 1 is 1.32 bits per heavy atom. The number of carbonyl (C=O) groups is 1. The maximum atomic E-state index is 12.2. The number of nitrogens with zero attached hydrogens (tertiary/aromatic N) is 2. The molecule has 1 N–H and O–H groups in total. The van der Waals surface area contributed by atoms with E-state index in [9.17, 15) is 4.79 Å². The summed E-state index contributed by atoms with van der Waals surface area (Å²) in [6.07, 6.45) is 4.89. The number of benzene rings is 1. The summed E-state index contributed by atoms with van der Waals surface area (Å²) in [5.74, 6) is 0.908. The Morgan fingerprint density at radius 2 is 2.04 bits per heavy atom. The van der Waals surface area contributed by atoms with Crippen LogP contribution in [-0.2, 0) is 11.3 Å². The predicted molar refractivity (Wildman–Crippen MR) is 99.7 cm³/mol. The number of rotatable bonds is 9. The molecular weight excluding hydrogens is 314 g/mol. The van der Waals surface area contributed by atoms with Gasteiger partial charge in [0, 0.05) is 43.8 Å². The quantitative estimate of drug-likeness (QED) is 0.746. The van der Waals surface area contributed by atoms with E-state index in [0.717, 1.165) is 56.4 Å². The number of likely N-dealkylation sites (tertiary alicyclic amines) is 1. The normalized spacial score (nSPS) is 18.6. The second kappa shape index (κ2) is 8.68. The summed E-state index contributed by atoms with van der Waals surface area (Å²) in [4.78, 5) is 16.5. The molecule has 1 aromatic carbocycles. The maximum absolute atomic E-state index is 12.2. The molecule has 1 heterocycles. The number of amides is 1. The Morgan fingerprint density at radius 3 is 2.76 bits per heavy atom. The topological polar surface area (TPSA) is 44.8 Å². The first-order valence-corrected chi connectivity index (χ1v) is 9.56. The van der Waals surface area contributed by atoms with Gasteiger partial charge in [0.05, 0.1) is 0 Å². The number of ether oxygens (including phenoxy) is 1. The standard InChI is InChI=1S/C20H31N3O2/c1-16(22(2)18-9-10-18)13-21-14-17-7-3-4-8-19(17)25-15-20(24)23-11-5-6-12-23/h3-4,7-8,16,18,21H,5-6,9-15H2,1-2H3. The largest absolute Gasteiger partial charge is 0.483 e. The van der Waals surface area contributed by atoms with Crippen LogP contribution < -0.4 is 10.1 Å². The molecule has 2 aliphatic rings. The van der Waals surface area contributed by atoms with Crippen LogP contribution in [-0.4, -0.2) is 61.1 Å². The molecule has 5 nitrogen and oxygen atoms in total. The van der Waals surface area contributed by atoms with Gasteiger partial charge in [-0.3, -0.25) is 9.69 Å². The highest BCUT2D eigenvalue weighted by Gasteiger charge is 2.28. The van der Waals surface area contributed by atoms with E-state index in [1.807, 2.05) is 23.1 Å². The Labute approximate surface area is 151 Å². The van der Waals surface area contributed by atoms with Crippen molar-refractivity contribution in [2.24, 2.45) is 0 Å². The van der Waals surface area contributed by atoms with Crippen molar-refractivity contribution in [3.63, 3.8) is 0 Å². The fourth-order valence-electron chi connectivity index (χ4n) is 3.39. The number of hydrogen-bond donors (Lipinski definition) is 1. The highest BCUT2D eigenvalue weighted by molar-refractivity contribution is 5.78. The Balaban J connectivity index is 1.45. The third-order valence-electron chi connectivity index (χ3n) is 5.36. The molecule has 1 aromatic rings. The van der Waals surface area contributed by atoms with E-state index in [-0.39, 0.29) is 12.5 Å². The molecule has 1 saturated carbocycles. The molecule has 1 aliphatic heterocycles. The van der Waals surface area contributed by atoms with Gasteiger partial charge in [-0.1, -0.05) is 18.2 Å². The molecule has 1 saturated heterocycles. The van der Waals surface area contributed by atoms with Crippen LogP contribution in [0.15, 0.2) is 24.3 Å². The molecule has 0 aromatic heterocycles. The van der Waals surface area contributed by atoms with Crippen LogP contribution in [0.4, 0.5) is 0 Å². The fraction of sp³-hybridized carbons (Fsp3) is 0.650. The molecule has 5 heteroatoms. The lowest BCUT2D eigenvalue weighted by Crippen LogP contribution is -2.39. The summed E-state index contributed by atoms with van der Waals surface area (Å²) in [5.41, 5.74) is 1.11. The Hall–Kier alpha value is -1.59. The summed E-state index contributed by atoms with van der Waals surface area (Å²) in [5, 5.41) is 3.53. The Kier molecular flexibility index (Phi) is 6.32. The molecule has 0 bridgehead atoms. The number of para-hydroxylation sites is 1. The molecule has 0 radical (unpaired) electrons. The van der Waals surface area contributed by atoms with Crippen LogP contribution in [0.2, 0.25) is 0 Å². The summed E-state index contributed by atoms with van der Waals surface area (Å²) in [6, 6.07) is 9.31. The van der Waals surface area contributed by atoms with Gasteiger partial charge < -0.3 is 15.0 Å². The molecule has 1 atom stereocenters. The minimum atomic E-state index is 0.0972. The van der Waals surface area contributed by atoms with Crippen LogP contribution in [0.3, 0.4) is 0 Å². The molecule has 1 aliphatic carbocycles. The van der Waals surface area contributed by atoms with E-state index in [1.165, 1.54) is 12.8 Å². The van der Waals surface area contributed by atoms with Crippen LogP contribution >= 0.6 is 0 Å². The van der Waals surface area contributed by atoms with Gasteiger partial charge in [-0.15, -0.1) is 0 Å². The van der Waals surface area contributed by atoms with Gasteiger partial charge in [0.15, 0.2) is 6.61 Å². The summed E-state index contributed by atoms with van der Waals surface area (Å²) in [7, 11) is 2.21. The third kappa shape index (κ3) is 5.19. The number of nitrogens with one attached hydrogen (secondary N) is 1. The molecule has 25 heavy (non-hydrogen) atoms. The molecule has 3 rings (SSSR count). The van der Waals surface area contributed by atoms with E-state index >= 15 is 0 Å². The Bertz CT molecular complexity index is 568. The van der Waals surface area contributed by atoms with E-state index in [4.69, 9.17) is 4.74 Å². The fourth-order valence-corrected chi connectivity index (χ4v) is 3.39. The zero-order valence-corrected chi connectivity index (χ0v) is 15.5. The van der Waals surface area contributed by atoms with Gasteiger partial charge >= 0.3 is 0 Å². The highest BCUT2D eigenvalue weighted by atomic mass is 16.5. The monoisotopic (exact) mass is 345 g/mol. The second-order valence-corrected chi connectivity index (χ2v) is 7.36. The van der Waals surface area contributed by atoms with Crippen molar-refractivity contribution >= 4 is 5.91 Å². The smallest absolute Gasteiger partial charge is 0.260 e. The maximum Gasteiger partial charge on any atom is 0.260 e. The molecule has 138 valence electrons. The van der Waals surface area contributed by atoms with Crippen molar-refractivity contribution in [3.8, 4) is 5.75 Å². The van der Waals surface area contributed by atoms with Crippen LogP contribution in [0.25, 0.3) is 0 Å². The zero-order valence-electron chi connectivity index (χ0n) is 15.5. The number of hydrogen-bond acceptors (Lipinski definition) is 4. The molecule has 2 fully saturated rings. The first-order chi connectivity index (χ1) is 12.1. The highest BCUT2D eigenvalue weighted by Crippen LogP contribution is 2.26. The van der Waals surface area contributed by atoms with Gasteiger partial charge in [-0.05, 0) is 45.7 Å². The van der Waals surface area contributed by atoms with Crippen molar-refractivity contribution in [2.45, 2.75) is 51.2 Å². The van der Waals surface area contributed by atoms with Crippen molar-refractivity contribution < 1.29 is 9.53 Å². The first-order valence-electron chi connectivity index (χ1n) is 9.56. The molecular formula is C20H31N3O2. The first kappa shape index (κ1) is 18.2. The molecule has 1 unspecified atom stereocenters. The van der Waals surface area contributed by atoms with Crippen molar-refractivity contribution in [3.05, 3.63) is 29.8 Å². The zero-order chi connectivity index (χ0) is 17.6. The average Bonchev–Trinajstić information content (AvgIpc) is 3.33. The van der Waals surface area contributed by atoms with Crippen molar-refractivity contribution in [1.82, 2.24) is 15.1 Å². The van der Waals surface area contributed by atoms with E-state index in [1.54, 1.807) is 0 Å². The average molecular weight is 345 g/mol. The summed E-state index contributed by atoms with van der Waals surface area (Å²) in [6.45, 7) is 5.86. The van der Waals surface area contributed by atoms with Crippen molar-refractivity contribution in [1.29, 1.82) is 0 Å². The summed E-state index contributed by atoms with van der Waals surface area (Å²) >= 11 is 0. The van der Waals surface area contributed by atoms with Gasteiger partial charge in [0.2, 0.25) is 0 Å². The van der Waals surface area contributed by atoms with Gasteiger partial charge in [0.25, 0.3) is 5.91 Å². The number of carbonyl (C=O) groups excluding carboxylic acids is 1. The number of likely N-dealkylation sites (N-methyl/N-ethyl adjacent to an activating group) is 1. The minimum absolute atomic E-state index is 0.0972. The third-order valence-corrected chi connectivity index (χ3v) is 5.36. The summed E-state index contributed by atoms with van der Waals surface area (Å²) < 4.78 is 5.82. The van der Waals surface area contributed by atoms with Crippen LogP contribution in [0, 0.1) is 0 Å². The predicted octanol–water partition coefficient (Wildman–Crippen LogP) is 2.26. The van der Waals surface area contributed by atoms with Gasteiger partial charge in [-0.25, -0.2) is 0 Å². The van der Waals surface area contributed by atoms with E-state index < -0.39 is 0 Å².